The predicted molar refractivity (Wildman–Crippen MR) is 62.1 cm³/mol. The number of alkyl halides is 3. The standard InChI is InChI=1S/C11H23F3N2O/c1-3-5-15-8-10(2)16-6-4-7-17-9-11(12,13)14/h10,15-16H,3-9H2,1-2H3. The Bertz CT molecular complexity index is 177. The average molecular weight is 256 g/mol. The predicted octanol–water partition coefficient (Wildman–Crippen LogP) is 1.93. The smallest absolute Gasteiger partial charge is 0.372 e. The second kappa shape index (κ2) is 9.67. The molecule has 0 aliphatic carbocycles. The lowest BCUT2D eigenvalue weighted by Gasteiger charge is -2.14. The third-order valence-electron chi connectivity index (χ3n) is 2.10. The summed E-state index contributed by atoms with van der Waals surface area (Å²) in [6.45, 7) is 5.66. The fraction of sp³-hybridized carbons (Fsp3) is 1.00. The van der Waals surface area contributed by atoms with Crippen LogP contribution in [0.5, 0.6) is 0 Å². The van der Waals surface area contributed by atoms with Crippen LogP contribution < -0.4 is 10.6 Å². The van der Waals surface area contributed by atoms with E-state index in [1.807, 2.05) is 6.92 Å². The summed E-state index contributed by atoms with van der Waals surface area (Å²) in [6, 6.07) is 0.323. The van der Waals surface area contributed by atoms with Gasteiger partial charge >= 0.3 is 6.18 Å². The van der Waals surface area contributed by atoms with E-state index in [0.29, 0.717) is 19.0 Å². The van der Waals surface area contributed by atoms with Crippen LogP contribution >= 0.6 is 0 Å². The molecule has 3 nitrogen and oxygen atoms in total. The van der Waals surface area contributed by atoms with Gasteiger partial charge in [-0.1, -0.05) is 6.92 Å². The van der Waals surface area contributed by atoms with Gasteiger partial charge in [0.25, 0.3) is 0 Å². The minimum atomic E-state index is -4.22. The largest absolute Gasteiger partial charge is 0.411 e. The van der Waals surface area contributed by atoms with Crippen LogP contribution in [0.15, 0.2) is 0 Å². The number of nitrogens with one attached hydrogen (secondary N) is 2. The van der Waals surface area contributed by atoms with E-state index in [-0.39, 0.29) is 6.61 Å². The third kappa shape index (κ3) is 13.6. The van der Waals surface area contributed by atoms with Crippen molar-refractivity contribution in [2.75, 3.05) is 32.8 Å². The molecule has 0 spiro atoms. The summed E-state index contributed by atoms with van der Waals surface area (Å²) in [6.07, 6.45) is -2.53. The molecule has 1 unspecified atom stereocenters. The summed E-state index contributed by atoms with van der Waals surface area (Å²) in [7, 11) is 0. The monoisotopic (exact) mass is 256 g/mol. The molecule has 0 radical (unpaired) electrons. The van der Waals surface area contributed by atoms with Gasteiger partial charge in [-0.2, -0.15) is 13.2 Å². The molecular formula is C11H23F3N2O. The van der Waals surface area contributed by atoms with Crippen LogP contribution in [0.2, 0.25) is 0 Å². The van der Waals surface area contributed by atoms with Gasteiger partial charge in [0.1, 0.15) is 6.61 Å². The van der Waals surface area contributed by atoms with Crippen molar-refractivity contribution >= 4 is 0 Å². The van der Waals surface area contributed by atoms with Crippen LogP contribution in [0.3, 0.4) is 0 Å². The van der Waals surface area contributed by atoms with E-state index in [4.69, 9.17) is 0 Å². The molecular weight excluding hydrogens is 233 g/mol. The Kier molecular flexibility index (Phi) is 9.49. The van der Waals surface area contributed by atoms with Gasteiger partial charge in [-0.3, -0.25) is 0 Å². The Morgan fingerprint density at radius 1 is 1.24 bits per heavy atom. The molecule has 0 saturated carbocycles. The van der Waals surface area contributed by atoms with Crippen LogP contribution in [0.25, 0.3) is 0 Å². The Morgan fingerprint density at radius 2 is 1.94 bits per heavy atom. The first kappa shape index (κ1) is 16.7. The highest BCUT2D eigenvalue weighted by Gasteiger charge is 2.27. The van der Waals surface area contributed by atoms with Crippen LogP contribution in [0, 0.1) is 0 Å². The molecule has 0 aliphatic heterocycles. The van der Waals surface area contributed by atoms with Crippen LogP contribution in [0.1, 0.15) is 26.7 Å². The van der Waals surface area contributed by atoms with Crippen molar-refractivity contribution < 1.29 is 17.9 Å². The van der Waals surface area contributed by atoms with Crippen molar-refractivity contribution in [3.63, 3.8) is 0 Å². The lowest BCUT2D eigenvalue weighted by molar-refractivity contribution is -0.173. The number of ether oxygens (including phenoxy) is 1. The minimum absolute atomic E-state index is 0.140. The maximum absolute atomic E-state index is 11.7. The molecule has 0 rings (SSSR count). The van der Waals surface area contributed by atoms with E-state index in [1.54, 1.807) is 0 Å². The Labute approximate surface area is 101 Å². The topological polar surface area (TPSA) is 33.3 Å². The highest BCUT2D eigenvalue weighted by atomic mass is 19.4. The fourth-order valence-electron chi connectivity index (χ4n) is 1.28. The van der Waals surface area contributed by atoms with Gasteiger partial charge in [0, 0.05) is 19.2 Å². The second-order valence-corrected chi connectivity index (χ2v) is 4.08. The molecule has 0 heterocycles. The van der Waals surface area contributed by atoms with Gasteiger partial charge in [-0.25, -0.2) is 0 Å². The highest BCUT2D eigenvalue weighted by molar-refractivity contribution is 4.63. The summed E-state index contributed by atoms with van der Waals surface area (Å²) >= 11 is 0. The molecule has 0 amide bonds. The van der Waals surface area contributed by atoms with Crippen molar-refractivity contribution in [1.29, 1.82) is 0 Å². The van der Waals surface area contributed by atoms with Gasteiger partial charge in [0.15, 0.2) is 0 Å². The Balaban J connectivity index is 3.22. The molecule has 0 aliphatic rings. The molecule has 0 saturated heterocycles. The van der Waals surface area contributed by atoms with Crippen molar-refractivity contribution in [2.45, 2.75) is 38.9 Å². The molecule has 0 aromatic rings. The normalized spacial score (nSPS) is 13.9. The molecule has 0 aromatic carbocycles. The van der Waals surface area contributed by atoms with Gasteiger partial charge in [-0.05, 0) is 32.9 Å². The maximum Gasteiger partial charge on any atom is 0.411 e. The first-order valence-corrected chi connectivity index (χ1v) is 6.04. The fourth-order valence-corrected chi connectivity index (χ4v) is 1.28. The van der Waals surface area contributed by atoms with Crippen molar-refractivity contribution in [2.24, 2.45) is 0 Å². The summed E-state index contributed by atoms with van der Waals surface area (Å²) in [5, 5.41) is 6.48. The summed E-state index contributed by atoms with van der Waals surface area (Å²) < 4.78 is 39.6. The number of halogens is 3. The second-order valence-electron chi connectivity index (χ2n) is 4.08. The Hall–Kier alpha value is -0.330. The van der Waals surface area contributed by atoms with Gasteiger partial charge in [0.2, 0.25) is 0 Å². The molecule has 0 aromatic heterocycles. The van der Waals surface area contributed by atoms with Crippen LogP contribution in [-0.2, 0) is 4.74 Å². The molecule has 6 heteroatoms. The average Bonchev–Trinajstić information content (AvgIpc) is 2.22. The maximum atomic E-state index is 11.7. The summed E-state index contributed by atoms with van der Waals surface area (Å²) in [5.74, 6) is 0. The van der Waals surface area contributed by atoms with Crippen molar-refractivity contribution in [3.8, 4) is 0 Å². The molecule has 104 valence electrons. The lowest BCUT2D eigenvalue weighted by atomic mass is 10.3. The van der Waals surface area contributed by atoms with Crippen LogP contribution in [0.4, 0.5) is 13.2 Å². The van der Waals surface area contributed by atoms with E-state index in [0.717, 1.165) is 19.5 Å². The van der Waals surface area contributed by atoms with E-state index in [9.17, 15) is 13.2 Å². The molecule has 1 atom stereocenters. The number of hydrogen-bond donors (Lipinski definition) is 2. The van der Waals surface area contributed by atoms with E-state index < -0.39 is 12.8 Å². The minimum Gasteiger partial charge on any atom is -0.372 e. The summed E-state index contributed by atoms with van der Waals surface area (Å²) in [4.78, 5) is 0. The quantitative estimate of drug-likeness (QED) is 0.586. The van der Waals surface area contributed by atoms with Crippen molar-refractivity contribution in [1.82, 2.24) is 10.6 Å². The van der Waals surface area contributed by atoms with Gasteiger partial charge < -0.3 is 15.4 Å². The van der Waals surface area contributed by atoms with Crippen molar-refractivity contribution in [3.05, 3.63) is 0 Å². The number of hydrogen-bond acceptors (Lipinski definition) is 3. The first-order chi connectivity index (χ1) is 7.95. The molecule has 17 heavy (non-hydrogen) atoms. The van der Waals surface area contributed by atoms with Crippen LogP contribution in [-0.4, -0.2) is 45.1 Å². The summed E-state index contributed by atoms with van der Waals surface area (Å²) in [5.41, 5.74) is 0. The zero-order valence-corrected chi connectivity index (χ0v) is 10.6. The molecule has 0 fully saturated rings. The molecule has 0 bridgehead atoms. The Morgan fingerprint density at radius 3 is 2.53 bits per heavy atom. The first-order valence-electron chi connectivity index (χ1n) is 6.04. The van der Waals surface area contributed by atoms with Gasteiger partial charge in [0.05, 0.1) is 0 Å². The molecule has 2 N–H and O–H groups in total. The number of rotatable bonds is 10. The lowest BCUT2D eigenvalue weighted by Crippen LogP contribution is -2.37. The highest BCUT2D eigenvalue weighted by Crippen LogP contribution is 2.14. The van der Waals surface area contributed by atoms with E-state index in [1.165, 1.54) is 0 Å². The van der Waals surface area contributed by atoms with Gasteiger partial charge in [-0.15, -0.1) is 0 Å². The SMILES string of the molecule is CCCNCC(C)NCCCOCC(F)(F)F. The third-order valence-corrected chi connectivity index (χ3v) is 2.10. The van der Waals surface area contributed by atoms with E-state index in [2.05, 4.69) is 22.3 Å². The zero-order valence-electron chi connectivity index (χ0n) is 10.6. The zero-order chi connectivity index (χ0) is 13.1. The van der Waals surface area contributed by atoms with E-state index >= 15 is 0 Å².